The minimum Gasteiger partial charge on any atom is -0.496 e. The summed E-state index contributed by atoms with van der Waals surface area (Å²) in [4.78, 5) is 40.4. The van der Waals surface area contributed by atoms with E-state index in [0.29, 0.717) is 38.9 Å². The van der Waals surface area contributed by atoms with E-state index in [2.05, 4.69) is 0 Å². The van der Waals surface area contributed by atoms with E-state index >= 15 is 0 Å². The second kappa shape index (κ2) is 11.3. The predicted octanol–water partition coefficient (Wildman–Crippen LogP) is 7.41. The van der Waals surface area contributed by atoms with E-state index in [4.69, 9.17) is 18.9 Å². The van der Waals surface area contributed by atoms with Crippen molar-refractivity contribution in [2.45, 2.75) is 38.6 Å². The summed E-state index contributed by atoms with van der Waals surface area (Å²) in [5.74, 6) is -0.532. The van der Waals surface area contributed by atoms with Gasteiger partial charge in [-0.25, -0.2) is 4.79 Å². The standard InChI is InChI=1S/C39H33NO7/c1-22(41)45-37-34-31(47-39(2,3)38(37)46-32(42)18-17-24-15-10-14-23-11-8-9-16-27(23)24)21-30(44-5)33-35(34)40(4)29-20-26-13-7-6-12-25(26)19-28(29)36(33)43/h6-21,37-38H,1-5H3/t37-,38-/m0/s1. The van der Waals surface area contributed by atoms with Crippen molar-refractivity contribution >= 4 is 61.4 Å². The van der Waals surface area contributed by atoms with Crippen LogP contribution in [-0.2, 0) is 26.1 Å². The molecule has 5 aromatic carbocycles. The molecule has 6 aromatic rings. The Balaban J connectivity index is 1.40. The second-order valence-corrected chi connectivity index (χ2v) is 12.3. The molecule has 0 saturated heterocycles. The molecule has 1 aliphatic rings. The van der Waals surface area contributed by atoms with Gasteiger partial charge in [-0.2, -0.15) is 0 Å². The van der Waals surface area contributed by atoms with Crippen LogP contribution in [0.2, 0.25) is 0 Å². The Morgan fingerprint density at radius 1 is 0.872 bits per heavy atom. The zero-order valence-corrected chi connectivity index (χ0v) is 26.7. The summed E-state index contributed by atoms with van der Waals surface area (Å²) in [5, 5.41) is 4.75. The molecule has 0 bridgehead atoms. The minimum absolute atomic E-state index is 0.239. The maximum absolute atomic E-state index is 14.2. The maximum atomic E-state index is 14.2. The summed E-state index contributed by atoms with van der Waals surface area (Å²) in [7, 11) is 3.34. The number of benzene rings is 5. The molecular weight excluding hydrogens is 594 g/mol. The van der Waals surface area contributed by atoms with Gasteiger partial charge in [-0.05, 0) is 59.2 Å². The molecule has 0 saturated carbocycles. The average molecular weight is 628 g/mol. The Bertz CT molecular complexity index is 2350. The lowest BCUT2D eigenvalue weighted by Gasteiger charge is -2.43. The molecule has 8 nitrogen and oxygen atoms in total. The van der Waals surface area contributed by atoms with Crippen molar-refractivity contribution in [2.75, 3.05) is 7.11 Å². The summed E-state index contributed by atoms with van der Waals surface area (Å²) in [6.45, 7) is 4.83. The Kier molecular flexibility index (Phi) is 7.23. The van der Waals surface area contributed by atoms with Crippen molar-refractivity contribution in [3.8, 4) is 11.5 Å². The summed E-state index contributed by atoms with van der Waals surface area (Å²) < 4.78 is 26.2. The molecule has 236 valence electrons. The van der Waals surface area contributed by atoms with Gasteiger partial charge < -0.3 is 23.5 Å². The second-order valence-electron chi connectivity index (χ2n) is 12.3. The number of methoxy groups -OCH3 is 1. The molecule has 0 amide bonds. The Morgan fingerprint density at radius 2 is 1.55 bits per heavy atom. The van der Waals surface area contributed by atoms with Crippen LogP contribution in [-0.4, -0.2) is 35.3 Å². The van der Waals surface area contributed by atoms with E-state index in [9.17, 15) is 14.4 Å². The van der Waals surface area contributed by atoms with Crippen molar-refractivity contribution in [1.82, 2.24) is 4.57 Å². The summed E-state index contributed by atoms with van der Waals surface area (Å²) >= 11 is 0. The number of esters is 2. The van der Waals surface area contributed by atoms with Crippen LogP contribution in [0.4, 0.5) is 0 Å². The number of carbonyl (C=O) groups excluding carboxylic acids is 2. The number of ether oxygens (including phenoxy) is 4. The van der Waals surface area contributed by atoms with Crippen LogP contribution in [0, 0.1) is 0 Å². The highest BCUT2D eigenvalue weighted by atomic mass is 16.6. The van der Waals surface area contributed by atoms with Crippen LogP contribution in [0.15, 0.2) is 95.8 Å². The first-order valence-electron chi connectivity index (χ1n) is 15.4. The monoisotopic (exact) mass is 627 g/mol. The third-order valence-corrected chi connectivity index (χ3v) is 8.89. The first-order valence-corrected chi connectivity index (χ1v) is 15.4. The van der Waals surface area contributed by atoms with E-state index in [1.54, 1.807) is 26.0 Å². The number of fused-ring (bicyclic) bond motifs is 6. The first-order chi connectivity index (χ1) is 22.6. The van der Waals surface area contributed by atoms with Gasteiger partial charge in [-0.3, -0.25) is 9.59 Å². The molecule has 0 spiro atoms. The maximum Gasteiger partial charge on any atom is 0.331 e. The van der Waals surface area contributed by atoms with Gasteiger partial charge in [0.15, 0.2) is 12.2 Å². The molecule has 1 aliphatic heterocycles. The number of pyridine rings is 1. The van der Waals surface area contributed by atoms with E-state index < -0.39 is 29.7 Å². The highest BCUT2D eigenvalue weighted by Gasteiger charge is 2.50. The van der Waals surface area contributed by atoms with E-state index in [1.807, 2.05) is 90.5 Å². The lowest BCUT2D eigenvalue weighted by atomic mass is 9.86. The van der Waals surface area contributed by atoms with Gasteiger partial charge in [0.25, 0.3) is 0 Å². The number of rotatable bonds is 5. The normalized spacial score (nSPS) is 17.1. The van der Waals surface area contributed by atoms with Gasteiger partial charge in [0.1, 0.15) is 17.1 Å². The zero-order chi connectivity index (χ0) is 33.0. The van der Waals surface area contributed by atoms with E-state index in [1.165, 1.54) is 20.1 Å². The summed E-state index contributed by atoms with van der Waals surface area (Å²) in [6, 6.07) is 27.0. The van der Waals surface area contributed by atoms with Crippen LogP contribution in [0.1, 0.15) is 38.0 Å². The molecule has 1 aromatic heterocycles. The quantitative estimate of drug-likeness (QED) is 0.112. The smallest absolute Gasteiger partial charge is 0.331 e. The minimum atomic E-state index is -1.14. The van der Waals surface area contributed by atoms with Gasteiger partial charge in [0, 0.05) is 31.5 Å². The molecule has 0 unspecified atom stereocenters. The molecule has 7 rings (SSSR count). The van der Waals surface area contributed by atoms with Gasteiger partial charge in [-0.1, -0.05) is 66.7 Å². The van der Waals surface area contributed by atoms with E-state index in [0.717, 1.165) is 27.1 Å². The predicted molar refractivity (Wildman–Crippen MR) is 183 cm³/mol. The molecule has 0 N–H and O–H groups in total. The van der Waals surface area contributed by atoms with Crippen molar-refractivity contribution in [2.24, 2.45) is 7.05 Å². The topological polar surface area (TPSA) is 93.1 Å². The van der Waals surface area contributed by atoms with E-state index in [-0.39, 0.29) is 5.43 Å². The number of aryl methyl sites for hydroxylation is 1. The average Bonchev–Trinajstić information content (AvgIpc) is 3.05. The van der Waals surface area contributed by atoms with Crippen LogP contribution in [0.25, 0.3) is 49.4 Å². The Hall–Kier alpha value is -5.63. The fraction of sp³-hybridized carbons (Fsp3) is 0.205. The third kappa shape index (κ3) is 5.06. The summed E-state index contributed by atoms with van der Waals surface area (Å²) in [5.41, 5.74) is 1.03. The molecule has 2 atom stereocenters. The molecule has 0 aliphatic carbocycles. The Labute approximate surface area is 270 Å². The fourth-order valence-corrected chi connectivity index (χ4v) is 6.75. The van der Waals surface area contributed by atoms with Crippen LogP contribution >= 0.6 is 0 Å². The summed E-state index contributed by atoms with van der Waals surface area (Å²) in [6.07, 6.45) is 0.899. The molecule has 47 heavy (non-hydrogen) atoms. The highest BCUT2D eigenvalue weighted by molar-refractivity contribution is 6.04. The van der Waals surface area contributed by atoms with Gasteiger partial charge >= 0.3 is 11.9 Å². The van der Waals surface area contributed by atoms with Gasteiger partial charge in [-0.15, -0.1) is 0 Å². The lowest BCUT2D eigenvalue weighted by Crippen LogP contribution is -2.52. The number of carbonyl (C=O) groups is 2. The molecule has 2 heterocycles. The van der Waals surface area contributed by atoms with Crippen molar-refractivity contribution in [1.29, 1.82) is 0 Å². The van der Waals surface area contributed by atoms with Crippen LogP contribution in [0.3, 0.4) is 0 Å². The molecule has 0 radical (unpaired) electrons. The lowest BCUT2D eigenvalue weighted by molar-refractivity contribution is -0.185. The van der Waals surface area contributed by atoms with Crippen molar-refractivity contribution < 1.29 is 28.5 Å². The molecule has 0 fully saturated rings. The van der Waals surface area contributed by atoms with Gasteiger partial charge in [0.05, 0.1) is 29.1 Å². The number of hydrogen-bond acceptors (Lipinski definition) is 7. The number of nitrogens with zero attached hydrogens (tertiary/aromatic N) is 1. The zero-order valence-electron chi connectivity index (χ0n) is 26.7. The first kappa shape index (κ1) is 30.0. The third-order valence-electron chi connectivity index (χ3n) is 8.89. The Morgan fingerprint density at radius 3 is 2.28 bits per heavy atom. The van der Waals surface area contributed by atoms with Crippen molar-refractivity contribution in [3.05, 3.63) is 112 Å². The number of hydrogen-bond donors (Lipinski definition) is 0. The van der Waals surface area contributed by atoms with Crippen LogP contribution < -0.4 is 14.9 Å². The fourth-order valence-electron chi connectivity index (χ4n) is 6.75. The molecule has 8 heteroatoms. The van der Waals surface area contributed by atoms with Crippen LogP contribution in [0.5, 0.6) is 11.5 Å². The highest BCUT2D eigenvalue weighted by Crippen LogP contribution is 2.49. The molecular formula is C39H33NO7. The van der Waals surface area contributed by atoms with Crippen molar-refractivity contribution in [3.63, 3.8) is 0 Å². The van der Waals surface area contributed by atoms with Gasteiger partial charge in [0.2, 0.25) is 5.43 Å². The number of aromatic nitrogens is 1. The largest absolute Gasteiger partial charge is 0.496 e. The SMILES string of the molecule is COc1cc2c(c3c1c(=O)c1cc4ccccc4cc1n3C)[C@H](OC(C)=O)[C@H](OC(=O)C=Cc1cccc3ccccc13)C(C)(C)O2.